The third-order valence-electron chi connectivity index (χ3n) is 2.77. The number of hydrogen-bond donors (Lipinski definition) is 0. The molecule has 0 saturated heterocycles. The molecule has 1 rings (SSSR count). The van der Waals surface area contributed by atoms with E-state index in [2.05, 4.69) is 32.0 Å². The highest BCUT2D eigenvalue weighted by Gasteiger charge is 2.03. The molecule has 0 N–H and O–H groups in total. The highest BCUT2D eigenvalue weighted by Crippen LogP contribution is 2.22. The van der Waals surface area contributed by atoms with Crippen molar-refractivity contribution in [2.75, 3.05) is 20.3 Å². The fourth-order valence-electron chi connectivity index (χ4n) is 1.76. The predicted octanol–water partition coefficient (Wildman–Crippen LogP) is 3.75. The van der Waals surface area contributed by atoms with E-state index in [1.165, 1.54) is 24.0 Å². The van der Waals surface area contributed by atoms with Gasteiger partial charge in [-0.3, -0.25) is 0 Å². The Hall–Kier alpha value is -1.02. The molecule has 0 radical (unpaired) electrons. The second-order valence-corrected chi connectivity index (χ2v) is 4.41. The van der Waals surface area contributed by atoms with Crippen molar-refractivity contribution in [1.29, 1.82) is 0 Å². The minimum atomic E-state index is 0.733. The zero-order valence-corrected chi connectivity index (χ0v) is 11.3. The first kappa shape index (κ1) is 14.0. The molecule has 0 aromatic heterocycles. The Morgan fingerprint density at radius 3 is 2.65 bits per heavy atom. The van der Waals surface area contributed by atoms with Crippen LogP contribution in [0.4, 0.5) is 0 Å². The van der Waals surface area contributed by atoms with Gasteiger partial charge in [-0.2, -0.15) is 0 Å². The van der Waals surface area contributed by atoms with Crippen LogP contribution in [0.15, 0.2) is 18.2 Å². The minimum absolute atomic E-state index is 0.733. The van der Waals surface area contributed by atoms with E-state index in [1.807, 2.05) is 0 Å². The van der Waals surface area contributed by atoms with Crippen molar-refractivity contribution < 1.29 is 9.47 Å². The molecule has 0 aliphatic carbocycles. The van der Waals surface area contributed by atoms with E-state index in [1.54, 1.807) is 7.11 Å². The highest BCUT2D eigenvalue weighted by atomic mass is 16.5. The van der Waals surface area contributed by atoms with Crippen LogP contribution in [0.5, 0.6) is 5.75 Å². The molecule has 0 heterocycles. The molecule has 0 bridgehead atoms. The SMILES string of the molecule is CCCCc1ccc(C)cc1OCCCOC. The van der Waals surface area contributed by atoms with Crippen LogP contribution in [0.25, 0.3) is 0 Å². The van der Waals surface area contributed by atoms with E-state index >= 15 is 0 Å². The van der Waals surface area contributed by atoms with Gasteiger partial charge >= 0.3 is 0 Å². The molecule has 2 nitrogen and oxygen atoms in total. The van der Waals surface area contributed by atoms with E-state index < -0.39 is 0 Å². The fourth-order valence-corrected chi connectivity index (χ4v) is 1.76. The first-order valence-electron chi connectivity index (χ1n) is 6.49. The Bertz CT molecular complexity index is 321. The zero-order valence-electron chi connectivity index (χ0n) is 11.3. The fraction of sp³-hybridized carbons (Fsp3) is 0.600. The predicted molar refractivity (Wildman–Crippen MR) is 71.8 cm³/mol. The van der Waals surface area contributed by atoms with E-state index in [9.17, 15) is 0 Å². The van der Waals surface area contributed by atoms with Crippen LogP contribution in [-0.2, 0) is 11.2 Å². The van der Waals surface area contributed by atoms with Gasteiger partial charge in [0.15, 0.2) is 0 Å². The number of rotatable bonds is 8. The van der Waals surface area contributed by atoms with Crippen molar-refractivity contribution in [1.82, 2.24) is 0 Å². The van der Waals surface area contributed by atoms with Crippen molar-refractivity contribution in [3.05, 3.63) is 29.3 Å². The maximum Gasteiger partial charge on any atom is 0.122 e. The molecule has 0 aliphatic heterocycles. The molecule has 0 fully saturated rings. The van der Waals surface area contributed by atoms with Gasteiger partial charge in [0.25, 0.3) is 0 Å². The lowest BCUT2D eigenvalue weighted by Crippen LogP contribution is -2.03. The normalized spacial score (nSPS) is 10.5. The second-order valence-electron chi connectivity index (χ2n) is 4.41. The van der Waals surface area contributed by atoms with Crippen LogP contribution >= 0.6 is 0 Å². The molecule has 1 aromatic carbocycles. The summed E-state index contributed by atoms with van der Waals surface area (Å²) in [4.78, 5) is 0. The van der Waals surface area contributed by atoms with Crippen LogP contribution in [0.3, 0.4) is 0 Å². The Morgan fingerprint density at radius 2 is 1.94 bits per heavy atom. The van der Waals surface area contributed by atoms with Crippen molar-refractivity contribution in [2.24, 2.45) is 0 Å². The van der Waals surface area contributed by atoms with Crippen LogP contribution in [0.1, 0.15) is 37.3 Å². The summed E-state index contributed by atoms with van der Waals surface area (Å²) in [5.74, 6) is 1.05. The summed E-state index contributed by atoms with van der Waals surface area (Å²) in [7, 11) is 1.72. The van der Waals surface area contributed by atoms with Gasteiger partial charge in [-0.25, -0.2) is 0 Å². The summed E-state index contributed by atoms with van der Waals surface area (Å²) < 4.78 is 10.9. The maximum absolute atomic E-state index is 5.84. The van der Waals surface area contributed by atoms with Gasteiger partial charge in [0.05, 0.1) is 6.61 Å². The summed E-state index contributed by atoms with van der Waals surface area (Å²) >= 11 is 0. The molecule has 2 heteroatoms. The van der Waals surface area contributed by atoms with Crippen molar-refractivity contribution in [2.45, 2.75) is 39.5 Å². The van der Waals surface area contributed by atoms with Gasteiger partial charge < -0.3 is 9.47 Å². The largest absolute Gasteiger partial charge is 0.493 e. The lowest BCUT2D eigenvalue weighted by Gasteiger charge is -2.12. The second kappa shape index (κ2) is 8.13. The van der Waals surface area contributed by atoms with Gasteiger partial charge in [0, 0.05) is 20.1 Å². The number of hydrogen-bond acceptors (Lipinski definition) is 2. The monoisotopic (exact) mass is 236 g/mol. The molecule has 0 unspecified atom stereocenters. The van der Waals surface area contributed by atoms with Crippen molar-refractivity contribution in [3.63, 3.8) is 0 Å². The van der Waals surface area contributed by atoms with Crippen LogP contribution in [0.2, 0.25) is 0 Å². The van der Waals surface area contributed by atoms with Crippen LogP contribution in [0, 0.1) is 6.92 Å². The first-order valence-corrected chi connectivity index (χ1v) is 6.49. The standard InChI is InChI=1S/C15H24O2/c1-4-5-7-14-9-8-13(2)12-15(14)17-11-6-10-16-3/h8-9,12H,4-7,10-11H2,1-3H3. The Morgan fingerprint density at radius 1 is 1.12 bits per heavy atom. The van der Waals surface area contributed by atoms with Crippen molar-refractivity contribution in [3.8, 4) is 5.75 Å². The molecule has 17 heavy (non-hydrogen) atoms. The molecule has 0 spiro atoms. The van der Waals surface area contributed by atoms with Crippen LogP contribution in [-0.4, -0.2) is 20.3 Å². The van der Waals surface area contributed by atoms with Gasteiger partial charge in [-0.05, 0) is 37.0 Å². The highest BCUT2D eigenvalue weighted by molar-refractivity contribution is 5.37. The smallest absolute Gasteiger partial charge is 0.122 e. The summed E-state index contributed by atoms with van der Waals surface area (Å²) in [5.41, 5.74) is 2.59. The average molecular weight is 236 g/mol. The lowest BCUT2D eigenvalue weighted by atomic mass is 10.1. The molecular formula is C15H24O2. The van der Waals surface area contributed by atoms with Crippen LogP contribution < -0.4 is 4.74 Å². The zero-order chi connectivity index (χ0) is 12.5. The third kappa shape index (κ3) is 5.22. The first-order chi connectivity index (χ1) is 8.27. The summed E-state index contributed by atoms with van der Waals surface area (Å²) in [5, 5.41) is 0. The third-order valence-corrected chi connectivity index (χ3v) is 2.77. The summed E-state index contributed by atoms with van der Waals surface area (Å²) in [6.07, 6.45) is 4.49. The molecular weight excluding hydrogens is 212 g/mol. The topological polar surface area (TPSA) is 18.5 Å². The summed E-state index contributed by atoms with van der Waals surface area (Å²) in [6, 6.07) is 6.49. The average Bonchev–Trinajstić information content (AvgIpc) is 2.33. The number of unbranched alkanes of at least 4 members (excludes halogenated alkanes) is 1. The number of ether oxygens (including phenoxy) is 2. The van der Waals surface area contributed by atoms with Gasteiger partial charge in [-0.15, -0.1) is 0 Å². The van der Waals surface area contributed by atoms with E-state index in [4.69, 9.17) is 9.47 Å². The van der Waals surface area contributed by atoms with Gasteiger partial charge in [0.2, 0.25) is 0 Å². The maximum atomic E-state index is 5.84. The Kier molecular flexibility index (Phi) is 6.71. The number of aryl methyl sites for hydroxylation is 2. The van der Waals surface area contributed by atoms with E-state index in [0.29, 0.717) is 0 Å². The minimum Gasteiger partial charge on any atom is -0.493 e. The molecule has 96 valence electrons. The van der Waals surface area contributed by atoms with Crippen molar-refractivity contribution >= 4 is 0 Å². The van der Waals surface area contributed by atoms with E-state index in [-0.39, 0.29) is 0 Å². The number of methoxy groups -OCH3 is 1. The summed E-state index contributed by atoms with van der Waals surface area (Å²) in [6.45, 7) is 5.81. The molecule has 0 amide bonds. The van der Waals surface area contributed by atoms with E-state index in [0.717, 1.165) is 31.8 Å². The molecule has 1 aromatic rings. The quantitative estimate of drug-likeness (QED) is 0.640. The Balaban J connectivity index is 2.56. The molecule has 0 aliphatic rings. The lowest BCUT2D eigenvalue weighted by molar-refractivity contribution is 0.172. The Labute approximate surface area is 105 Å². The number of benzene rings is 1. The van der Waals surface area contributed by atoms with Gasteiger partial charge in [-0.1, -0.05) is 25.5 Å². The van der Waals surface area contributed by atoms with Gasteiger partial charge in [0.1, 0.15) is 5.75 Å². The molecule has 0 atom stereocenters. The molecule has 0 saturated carbocycles.